The number of aromatic nitrogens is 3. The van der Waals surface area contributed by atoms with Crippen LogP contribution in [0.25, 0.3) is 10.9 Å². The Hall–Kier alpha value is -3.59. The maximum Gasteiger partial charge on any atom is 0.211 e. The van der Waals surface area contributed by atoms with Crippen molar-refractivity contribution in [1.82, 2.24) is 14.8 Å². The number of ether oxygens (including phenoxy) is 1. The summed E-state index contributed by atoms with van der Waals surface area (Å²) >= 11 is 0. The average molecular weight is 525 g/mol. The van der Waals surface area contributed by atoms with E-state index in [9.17, 15) is 13.4 Å². The standard InChI is InChI=1S/C20H20FNO2S.C8H13N3O/c1-4-14-6-9-18(13(3)20(14)21)24-19-10-11-22-17-8-7-15(12-16(17)19)25(23)5-2;1-8(2,3)11-5-7(4-10-11)9-6-12/h6-12H,4-5H2,1-3H3;4-6H,1-3H3,(H,9,12). The molecule has 37 heavy (non-hydrogen) atoms. The predicted octanol–water partition coefficient (Wildman–Crippen LogP) is 6.37. The first-order chi connectivity index (χ1) is 17.6. The fourth-order valence-electron chi connectivity index (χ4n) is 3.56. The van der Waals surface area contributed by atoms with E-state index in [2.05, 4.69) is 15.4 Å². The molecule has 0 aliphatic rings. The van der Waals surface area contributed by atoms with Crippen LogP contribution in [0.2, 0.25) is 0 Å². The molecule has 0 aliphatic heterocycles. The number of amides is 1. The highest BCUT2D eigenvalue weighted by Crippen LogP contribution is 2.33. The summed E-state index contributed by atoms with van der Waals surface area (Å²) in [6, 6.07) is 10.8. The summed E-state index contributed by atoms with van der Waals surface area (Å²) in [4.78, 5) is 15.1. The third-order valence-electron chi connectivity index (χ3n) is 5.71. The molecule has 2 aromatic heterocycles. The topological polar surface area (TPSA) is 86.1 Å². The van der Waals surface area contributed by atoms with Crippen LogP contribution in [0, 0.1) is 12.7 Å². The Morgan fingerprint density at radius 3 is 2.51 bits per heavy atom. The smallest absolute Gasteiger partial charge is 0.211 e. The number of halogens is 1. The molecule has 2 heterocycles. The molecule has 196 valence electrons. The molecule has 0 saturated carbocycles. The lowest BCUT2D eigenvalue weighted by Gasteiger charge is -2.18. The van der Waals surface area contributed by atoms with Crippen LogP contribution in [0.3, 0.4) is 0 Å². The normalized spacial score (nSPS) is 12.0. The molecule has 7 nitrogen and oxygen atoms in total. The van der Waals surface area contributed by atoms with Gasteiger partial charge in [-0.05, 0) is 70.0 Å². The molecule has 1 unspecified atom stereocenters. The first-order valence-electron chi connectivity index (χ1n) is 12.1. The second-order valence-corrected chi connectivity index (χ2v) is 11.1. The Bertz CT molecular complexity index is 1410. The number of carbonyl (C=O) groups is 1. The zero-order valence-electron chi connectivity index (χ0n) is 22.0. The van der Waals surface area contributed by atoms with Crippen LogP contribution in [0.1, 0.15) is 45.7 Å². The van der Waals surface area contributed by atoms with E-state index >= 15 is 0 Å². The number of anilines is 1. The van der Waals surface area contributed by atoms with Crippen LogP contribution in [-0.4, -0.2) is 31.1 Å². The quantitative estimate of drug-likeness (QED) is 0.284. The van der Waals surface area contributed by atoms with Crippen molar-refractivity contribution in [3.05, 3.63) is 71.9 Å². The fourth-order valence-corrected chi connectivity index (χ4v) is 4.36. The van der Waals surface area contributed by atoms with Crippen molar-refractivity contribution in [3.8, 4) is 11.5 Å². The van der Waals surface area contributed by atoms with Crippen LogP contribution < -0.4 is 10.1 Å². The number of hydrogen-bond donors (Lipinski definition) is 1. The van der Waals surface area contributed by atoms with Gasteiger partial charge in [0, 0.05) is 34.0 Å². The predicted molar refractivity (Wildman–Crippen MR) is 146 cm³/mol. The van der Waals surface area contributed by atoms with Crippen molar-refractivity contribution >= 4 is 33.8 Å². The second kappa shape index (κ2) is 12.1. The fraction of sp³-hybridized carbons (Fsp3) is 0.321. The van der Waals surface area contributed by atoms with E-state index in [-0.39, 0.29) is 11.4 Å². The number of benzene rings is 2. The Labute approximate surface area is 219 Å². The molecule has 1 atom stereocenters. The van der Waals surface area contributed by atoms with E-state index in [1.54, 1.807) is 48.4 Å². The van der Waals surface area contributed by atoms with E-state index in [1.807, 2.05) is 52.8 Å². The Kier molecular flexibility index (Phi) is 9.15. The minimum absolute atomic E-state index is 0.0389. The number of carbonyl (C=O) groups excluding carboxylic acids is 1. The zero-order chi connectivity index (χ0) is 27.2. The summed E-state index contributed by atoms with van der Waals surface area (Å²) in [5.74, 6) is 1.37. The van der Waals surface area contributed by atoms with E-state index < -0.39 is 10.8 Å². The highest BCUT2D eigenvalue weighted by atomic mass is 32.2. The van der Waals surface area contributed by atoms with Crippen LogP contribution in [0.4, 0.5) is 10.1 Å². The molecule has 4 aromatic rings. The highest BCUT2D eigenvalue weighted by Gasteiger charge is 2.14. The molecule has 0 radical (unpaired) electrons. The number of nitrogens with one attached hydrogen (secondary N) is 1. The van der Waals surface area contributed by atoms with Gasteiger partial charge in [0.2, 0.25) is 6.41 Å². The van der Waals surface area contributed by atoms with Gasteiger partial charge in [-0.25, -0.2) is 4.39 Å². The second-order valence-electron chi connectivity index (χ2n) is 9.35. The first-order valence-corrected chi connectivity index (χ1v) is 13.4. The van der Waals surface area contributed by atoms with Gasteiger partial charge >= 0.3 is 0 Å². The number of fused-ring (bicyclic) bond motifs is 1. The molecular formula is C28H33FN4O3S. The van der Waals surface area contributed by atoms with Crippen molar-refractivity contribution in [2.24, 2.45) is 0 Å². The third kappa shape index (κ3) is 6.80. The van der Waals surface area contributed by atoms with Crippen molar-refractivity contribution in [3.63, 3.8) is 0 Å². The van der Waals surface area contributed by atoms with Gasteiger partial charge in [0.15, 0.2) is 0 Å². The summed E-state index contributed by atoms with van der Waals surface area (Å²) in [6.45, 7) is 11.7. The van der Waals surface area contributed by atoms with Gasteiger partial charge < -0.3 is 10.1 Å². The molecule has 0 saturated heterocycles. The van der Waals surface area contributed by atoms with Gasteiger partial charge in [0.25, 0.3) is 0 Å². The van der Waals surface area contributed by atoms with E-state index in [1.165, 1.54) is 0 Å². The van der Waals surface area contributed by atoms with Crippen LogP contribution in [-0.2, 0) is 27.6 Å². The van der Waals surface area contributed by atoms with Gasteiger partial charge in [-0.2, -0.15) is 5.10 Å². The minimum atomic E-state index is -1.06. The molecule has 0 aliphatic carbocycles. The van der Waals surface area contributed by atoms with Crippen LogP contribution >= 0.6 is 0 Å². The zero-order valence-corrected chi connectivity index (χ0v) is 22.9. The van der Waals surface area contributed by atoms with Gasteiger partial charge in [-0.15, -0.1) is 0 Å². The lowest BCUT2D eigenvalue weighted by atomic mass is 10.1. The SMILES string of the molecule is CC(C)(C)n1cc(NC=O)cn1.CCc1ccc(Oc2ccnc3ccc(S(=O)CC)cc23)c(C)c1F. The molecule has 9 heteroatoms. The van der Waals surface area contributed by atoms with E-state index in [0.29, 0.717) is 41.2 Å². The summed E-state index contributed by atoms with van der Waals surface area (Å²) in [5.41, 5.74) is 2.59. The number of pyridine rings is 1. The van der Waals surface area contributed by atoms with Gasteiger partial charge in [-0.1, -0.05) is 19.9 Å². The number of aryl methyl sites for hydroxylation is 1. The average Bonchev–Trinajstić information content (AvgIpc) is 3.36. The molecule has 2 aromatic carbocycles. The highest BCUT2D eigenvalue weighted by molar-refractivity contribution is 7.85. The molecule has 4 rings (SSSR count). The summed E-state index contributed by atoms with van der Waals surface area (Å²) in [5, 5.41) is 7.40. The third-order valence-corrected chi connectivity index (χ3v) is 7.02. The van der Waals surface area contributed by atoms with Gasteiger partial charge in [0.1, 0.15) is 17.3 Å². The molecule has 1 N–H and O–H groups in total. The summed E-state index contributed by atoms with van der Waals surface area (Å²) in [7, 11) is -1.06. The van der Waals surface area contributed by atoms with Gasteiger partial charge in [-0.3, -0.25) is 18.7 Å². The monoisotopic (exact) mass is 524 g/mol. The number of nitrogens with zero attached hydrogens (tertiary/aromatic N) is 3. The molecule has 0 spiro atoms. The van der Waals surface area contributed by atoms with E-state index in [0.717, 1.165) is 21.5 Å². The largest absolute Gasteiger partial charge is 0.456 e. The van der Waals surface area contributed by atoms with Crippen LogP contribution in [0.15, 0.2) is 59.9 Å². The van der Waals surface area contributed by atoms with Gasteiger partial charge in [0.05, 0.1) is 33.7 Å². The molecule has 1 amide bonds. The molecular weight excluding hydrogens is 491 g/mol. The number of hydrogen-bond acceptors (Lipinski definition) is 5. The summed E-state index contributed by atoms with van der Waals surface area (Å²) in [6.07, 6.45) is 6.36. The van der Waals surface area contributed by atoms with Crippen molar-refractivity contribution in [2.45, 2.75) is 58.4 Å². The Morgan fingerprint density at radius 2 is 1.89 bits per heavy atom. The van der Waals surface area contributed by atoms with Crippen LogP contribution in [0.5, 0.6) is 11.5 Å². The van der Waals surface area contributed by atoms with Crippen molar-refractivity contribution in [2.75, 3.05) is 11.1 Å². The Morgan fingerprint density at radius 1 is 1.14 bits per heavy atom. The molecule has 0 bridgehead atoms. The Balaban J connectivity index is 0.000000266. The first kappa shape index (κ1) is 28.0. The van der Waals surface area contributed by atoms with Crippen molar-refractivity contribution < 1.29 is 18.1 Å². The minimum Gasteiger partial charge on any atom is -0.456 e. The number of rotatable bonds is 7. The van der Waals surface area contributed by atoms with Crippen molar-refractivity contribution in [1.29, 1.82) is 0 Å². The molecule has 0 fully saturated rings. The maximum absolute atomic E-state index is 14.4. The summed E-state index contributed by atoms with van der Waals surface area (Å²) < 4.78 is 34.3. The van der Waals surface area contributed by atoms with E-state index in [4.69, 9.17) is 4.74 Å². The lowest BCUT2D eigenvalue weighted by Crippen LogP contribution is -2.21. The lowest BCUT2D eigenvalue weighted by molar-refractivity contribution is -0.105. The maximum atomic E-state index is 14.4.